The van der Waals surface area contributed by atoms with Crippen molar-refractivity contribution in [3.05, 3.63) is 60.3 Å². The van der Waals surface area contributed by atoms with Crippen LogP contribution in [0, 0.1) is 0 Å². The zero-order valence-corrected chi connectivity index (χ0v) is 10.6. The molecule has 1 aromatic rings. The molecule has 2 amide bonds. The fourth-order valence-electron chi connectivity index (χ4n) is 2.23. The van der Waals surface area contributed by atoms with Gasteiger partial charge in [0.1, 0.15) is 5.84 Å². The van der Waals surface area contributed by atoms with Gasteiger partial charge in [0.25, 0.3) is 5.66 Å². The second kappa shape index (κ2) is 4.47. The normalized spacial score (nSPS) is 24.4. The zero-order valence-electron chi connectivity index (χ0n) is 10.6. The molecule has 7 heteroatoms. The molecule has 108 valence electrons. The summed E-state index contributed by atoms with van der Waals surface area (Å²) in [6.07, 6.45) is 1.03. The number of carbonyl (C=O) groups excluding carboxylic acids is 1. The maximum atomic E-state index is 13.6. The minimum Gasteiger partial charge on any atom is -0.301 e. The lowest BCUT2D eigenvalue weighted by Gasteiger charge is -2.39. The van der Waals surface area contributed by atoms with E-state index in [2.05, 4.69) is 4.99 Å². The van der Waals surface area contributed by atoms with Gasteiger partial charge in [0.15, 0.2) is 0 Å². The van der Waals surface area contributed by atoms with E-state index < -0.39 is 17.9 Å². The molecule has 0 spiro atoms. The number of nitrogens with one attached hydrogen (secondary N) is 1. The average Bonchev–Trinajstić information content (AvgIpc) is 2.47. The van der Waals surface area contributed by atoms with Crippen molar-refractivity contribution in [2.75, 3.05) is 0 Å². The first-order chi connectivity index (χ1) is 9.94. The highest BCUT2D eigenvalue weighted by molar-refractivity contribution is 6.07. The number of hydrogen-bond acceptors (Lipinski definition) is 2. The maximum absolute atomic E-state index is 13.6. The number of hydrogen-bond donors (Lipinski definition) is 1. The van der Waals surface area contributed by atoms with E-state index in [9.17, 15) is 18.0 Å². The number of nitrogens with zero attached hydrogens (tertiary/aromatic N) is 2. The molecule has 21 heavy (non-hydrogen) atoms. The second-order valence-corrected chi connectivity index (χ2v) is 4.54. The van der Waals surface area contributed by atoms with Crippen molar-refractivity contribution in [3.63, 3.8) is 0 Å². The van der Waals surface area contributed by atoms with Crippen LogP contribution in [-0.2, 0) is 5.66 Å². The van der Waals surface area contributed by atoms with Gasteiger partial charge < -0.3 is 5.32 Å². The molecular formula is C14H10F3N3O. The molecule has 3 rings (SSSR count). The lowest BCUT2D eigenvalue weighted by molar-refractivity contribution is -0.196. The molecule has 0 bridgehead atoms. The number of halogens is 3. The molecule has 4 nitrogen and oxygen atoms in total. The fourth-order valence-corrected chi connectivity index (χ4v) is 2.23. The Labute approximate surface area is 118 Å². The van der Waals surface area contributed by atoms with Crippen LogP contribution in [0.5, 0.6) is 0 Å². The molecule has 2 heterocycles. The third-order valence-corrected chi connectivity index (χ3v) is 3.23. The summed E-state index contributed by atoms with van der Waals surface area (Å²) in [6.45, 7) is 0. The Hall–Kier alpha value is -2.57. The van der Waals surface area contributed by atoms with Crippen molar-refractivity contribution in [1.29, 1.82) is 0 Å². The lowest BCUT2D eigenvalue weighted by Crippen LogP contribution is -2.62. The Morgan fingerprint density at radius 2 is 1.86 bits per heavy atom. The Bertz CT molecular complexity index is 664. The summed E-state index contributed by atoms with van der Waals surface area (Å²) in [4.78, 5) is 16.8. The van der Waals surface area contributed by atoms with Crippen LogP contribution in [0.25, 0.3) is 0 Å². The van der Waals surface area contributed by atoms with Crippen molar-refractivity contribution in [2.24, 2.45) is 4.99 Å². The summed E-state index contributed by atoms with van der Waals surface area (Å²) in [5.41, 5.74) is -2.91. The van der Waals surface area contributed by atoms with Gasteiger partial charge in [-0.15, -0.1) is 0 Å². The standard InChI is InChI=1S/C14H10F3N3O/c15-14(16,17)13(10-6-2-1-3-7-10)18-11-8-4-5-9-20(11)12(21)19-13/h1-9H,(H,19,21)/t13-/m1/s1. The van der Waals surface area contributed by atoms with E-state index in [1.54, 1.807) is 12.1 Å². The van der Waals surface area contributed by atoms with Crippen molar-refractivity contribution in [2.45, 2.75) is 11.8 Å². The van der Waals surface area contributed by atoms with E-state index in [1.807, 2.05) is 5.32 Å². The van der Waals surface area contributed by atoms with Gasteiger partial charge in [0.2, 0.25) is 0 Å². The van der Waals surface area contributed by atoms with Crippen LogP contribution in [0.15, 0.2) is 59.8 Å². The zero-order chi connectivity index (χ0) is 15.1. The topological polar surface area (TPSA) is 44.7 Å². The smallest absolute Gasteiger partial charge is 0.301 e. The van der Waals surface area contributed by atoms with Gasteiger partial charge in [-0.25, -0.2) is 9.79 Å². The first kappa shape index (κ1) is 13.4. The lowest BCUT2D eigenvalue weighted by atomic mass is 9.98. The monoisotopic (exact) mass is 293 g/mol. The third-order valence-electron chi connectivity index (χ3n) is 3.23. The van der Waals surface area contributed by atoms with E-state index in [-0.39, 0.29) is 11.4 Å². The van der Waals surface area contributed by atoms with Crippen LogP contribution in [0.1, 0.15) is 5.56 Å². The predicted octanol–water partition coefficient (Wildman–Crippen LogP) is 2.91. The van der Waals surface area contributed by atoms with Crippen LogP contribution in [0.3, 0.4) is 0 Å². The summed E-state index contributed by atoms with van der Waals surface area (Å²) in [7, 11) is 0. The fraction of sp³-hybridized carbons (Fsp3) is 0.143. The number of amides is 2. The van der Waals surface area contributed by atoms with Gasteiger partial charge in [-0.05, 0) is 12.2 Å². The van der Waals surface area contributed by atoms with E-state index in [1.165, 1.54) is 42.6 Å². The largest absolute Gasteiger partial charge is 0.436 e. The van der Waals surface area contributed by atoms with E-state index in [0.717, 1.165) is 4.90 Å². The Morgan fingerprint density at radius 1 is 1.14 bits per heavy atom. The summed E-state index contributed by atoms with van der Waals surface area (Å²) >= 11 is 0. The maximum Gasteiger partial charge on any atom is 0.436 e. The summed E-state index contributed by atoms with van der Waals surface area (Å²) < 4.78 is 40.9. The highest BCUT2D eigenvalue weighted by Crippen LogP contribution is 2.42. The molecule has 0 saturated carbocycles. The Kier molecular flexibility index (Phi) is 2.86. The second-order valence-electron chi connectivity index (χ2n) is 4.54. The van der Waals surface area contributed by atoms with Crippen LogP contribution in [0.2, 0.25) is 0 Å². The Morgan fingerprint density at radius 3 is 2.52 bits per heavy atom. The van der Waals surface area contributed by atoms with Crippen LogP contribution in [-0.4, -0.2) is 22.9 Å². The first-order valence-electron chi connectivity index (χ1n) is 6.12. The number of benzene rings is 1. The number of fused-ring (bicyclic) bond motifs is 1. The average molecular weight is 293 g/mol. The van der Waals surface area contributed by atoms with Crippen molar-refractivity contribution in [3.8, 4) is 0 Å². The van der Waals surface area contributed by atoms with Crippen molar-refractivity contribution >= 4 is 11.9 Å². The van der Waals surface area contributed by atoms with Crippen LogP contribution in [0.4, 0.5) is 18.0 Å². The quantitative estimate of drug-likeness (QED) is 0.850. The number of rotatable bonds is 1. The highest BCUT2D eigenvalue weighted by atomic mass is 19.4. The molecule has 0 unspecified atom stereocenters. The van der Waals surface area contributed by atoms with Gasteiger partial charge in [0, 0.05) is 11.8 Å². The van der Waals surface area contributed by atoms with Crippen LogP contribution < -0.4 is 5.32 Å². The predicted molar refractivity (Wildman–Crippen MR) is 70.3 cm³/mol. The minimum atomic E-state index is -4.77. The summed E-state index contributed by atoms with van der Waals surface area (Å²) in [5, 5.41) is 1.97. The SMILES string of the molecule is O=C1N[C@](c2ccccc2)(C(F)(F)F)N=C2C=CC=CN12. The number of alkyl halides is 3. The first-order valence-corrected chi connectivity index (χ1v) is 6.12. The molecule has 0 fully saturated rings. The molecule has 2 aliphatic rings. The molecule has 2 aliphatic heterocycles. The van der Waals surface area contributed by atoms with E-state index in [4.69, 9.17) is 0 Å². The number of aliphatic imine (C=N–C) groups is 1. The molecular weight excluding hydrogens is 283 g/mol. The van der Waals surface area contributed by atoms with Crippen LogP contribution >= 0.6 is 0 Å². The minimum absolute atomic E-state index is 0.0533. The molecule has 0 aliphatic carbocycles. The molecule has 0 saturated heterocycles. The number of allylic oxidation sites excluding steroid dienone is 2. The van der Waals surface area contributed by atoms with Crippen molar-refractivity contribution < 1.29 is 18.0 Å². The molecule has 1 aromatic carbocycles. The third kappa shape index (κ3) is 2.01. The number of amidine groups is 1. The molecule has 0 radical (unpaired) electrons. The number of urea groups is 1. The van der Waals surface area contributed by atoms with E-state index in [0.29, 0.717) is 0 Å². The van der Waals surface area contributed by atoms with Gasteiger partial charge in [-0.3, -0.25) is 4.90 Å². The number of carbonyl (C=O) groups is 1. The highest BCUT2D eigenvalue weighted by Gasteiger charge is 2.60. The molecule has 0 aromatic heterocycles. The van der Waals surface area contributed by atoms with E-state index >= 15 is 0 Å². The van der Waals surface area contributed by atoms with Gasteiger partial charge in [-0.2, -0.15) is 13.2 Å². The Balaban J connectivity index is 2.21. The van der Waals surface area contributed by atoms with Gasteiger partial charge in [0.05, 0.1) is 0 Å². The summed E-state index contributed by atoms with van der Waals surface area (Å²) in [5.74, 6) is -0.0533. The van der Waals surface area contributed by atoms with Gasteiger partial charge in [-0.1, -0.05) is 36.4 Å². The van der Waals surface area contributed by atoms with Gasteiger partial charge >= 0.3 is 12.2 Å². The molecule has 1 N–H and O–H groups in total. The van der Waals surface area contributed by atoms with Crippen molar-refractivity contribution in [1.82, 2.24) is 10.2 Å². The molecule has 1 atom stereocenters. The summed E-state index contributed by atoms with van der Waals surface area (Å²) in [6, 6.07) is 6.24.